The van der Waals surface area contributed by atoms with Crippen molar-refractivity contribution in [2.45, 2.75) is 43.9 Å². The molecule has 0 unspecified atom stereocenters. The number of nitrogens with zero attached hydrogens (tertiary/aromatic N) is 1. The first kappa shape index (κ1) is 21.1. The summed E-state index contributed by atoms with van der Waals surface area (Å²) >= 11 is 0. The van der Waals surface area contributed by atoms with Gasteiger partial charge in [0.15, 0.2) is 0 Å². The van der Waals surface area contributed by atoms with Crippen LogP contribution in [-0.4, -0.2) is 25.4 Å². The third-order valence-corrected chi connectivity index (χ3v) is 5.93. The van der Waals surface area contributed by atoms with E-state index >= 15 is 0 Å². The van der Waals surface area contributed by atoms with Crippen LogP contribution in [0.3, 0.4) is 0 Å². The Morgan fingerprint density at radius 3 is 2.45 bits per heavy atom. The van der Waals surface area contributed by atoms with Crippen LogP contribution in [0.4, 0.5) is 23.2 Å². The SMILES string of the molecule is CCCc1cc(F)ccc1NS(=O)(=O)c1ccc2c(c1)CN(C(=O)C(F)(F)F)C2. The van der Waals surface area contributed by atoms with Crippen molar-refractivity contribution in [3.8, 4) is 0 Å². The van der Waals surface area contributed by atoms with Crippen LogP contribution in [0.2, 0.25) is 0 Å². The third kappa shape index (κ3) is 4.52. The molecule has 2 aromatic carbocycles. The van der Waals surface area contributed by atoms with Crippen molar-refractivity contribution in [3.05, 3.63) is 58.9 Å². The molecular formula is C19H18F4N2O3S. The van der Waals surface area contributed by atoms with Gasteiger partial charge in [0.2, 0.25) is 0 Å². The number of fused-ring (bicyclic) bond motifs is 1. The minimum Gasteiger partial charge on any atom is -0.326 e. The smallest absolute Gasteiger partial charge is 0.326 e. The number of hydrogen-bond acceptors (Lipinski definition) is 3. The Morgan fingerprint density at radius 2 is 1.79 bits per heavy atom. The number of aryl methyl sites for hydroxylation is 1. The summed E-state index contributed by atoms with van der Waals surface area (Å²) in [6.07, 6.45) is -3.84. The molecule has 0 aliphatic carbocycles. The first-order valence-electron chi connectivity index (χ1n) is 8.80. The number of halogens is 4. The fourth-order valence-electron chi connectivity index (χ4n) is 3.20. The van der Waals surface area contributed by atoms with Gasteiger partial charge >= 0.3 is 12.1 Å². The molecule has 2 aromatic rings. The van der Waals surface area contributed by atoms with E-state index in [1.54, 1.807) is 0 Å². The van der Waals surface area contributed by atoms with Gasteiger partial charge in [0.25, 0.3) is 10.0 Å². The highest BCUT2D eigenvalue weighted by atomic mass is 32.2. The van der Waals surface area contributed by atoms with Crippen LogP contribution in [0.1, 0.15) is 30.0 Å². The third-order valence-electron chi connectivity index (χ3n) is 4.57. The molecule has 1 heterocycles. The molecule has 0 aromatic heterocycles. The van der Waals surface area contributed by atoms with Gasteiger partial charge in [0.05, 0.1) is 10.6 Å². The van der Waals surface area contributed by atoms with E-state index in [-0.39, 0.29) is 23.7 Å². The average molecular weight is 430 g/mol. The number of carbonyl (C=O) groups is 1. The Kier molecular flexibility index (Phi) is 5.57. The van der Waals surface area contributed by atoms with Crippen molar-refractivity contribution in [1.82, 2.24) is 4.90 Å². The number of nitrogens with one attached hydrogen (secondary N) is 1. The van der Waals surface area contributed by atoms with Gasteiger partial charge in [-0.15, -0.1) is 0 Å². The van der Waals surface area contributed by atoms with Crippen LogP contribution in [0.25, 0.3) is 0 Å². The van der Waals surface area contributed by atoms with Crippen molar-refractivity contribution in [2.24, 2.45) is 0 Å². The second-order valence-corrected chi connectivity index (χ2v) is 8.43. The molecule has 5 nitrogen and oxygen atoms in total. The Hall–Kier alpha value is -2.62. The lowest BCUT2D eigenvalue weighted by molar-refractivity contribution is -0.186. The number of anilines is 1. The van der Waals surface area contributed by atoms with Crippen molar-refractivity contribution >= 4 is 21.6 Å². The predicted octanol–water partition coefficient (Wildman–Crippen LogP) is 3.98. The molecule has 0 saturated carbocycles. The quantitative estimate of drug-likeness (QED) is 0.730. The van der Waals surface area contributed by atoms with Crippen molar-refractivity contribution in [3.63, 3.8) is 0 Å². The highest BCUT2D eigenvalue weighted by Gasteiger charge is 2.44. The molecule has 0 fully saturated rings. The largest absolute Gasteiger partial charge is 0.471 e. The molecule has 10 heteroatoms. The number of sulfonamides is 1. The molecule has 0 saturated heterocycles. The standard InChI is InChI=1S/C19H18F4N2O3S/c1-2-3-12-8-15(20)5-7-17(12)24-29(27,28)16-6-4-13-10-25(11-14(13)9-16)18(26)19(21,22)23/h4-9,24H,2-3,10-11H2,1H3. The molecule has 156 valence electrons. The minimum absolute atomic E-state index is 0.149. The fraction of sp³-hybridized carbons (Fsp3) is 0.316. The normalized spacial score (nSPS) is 14.0. The lowest BCUT2D eigenvalue weighted by Gasteiger charge is -2.16. The molecule has 1 N–H and O–H groups in total. The number of amides is 1. The van der Waals surface area contributed by atoms with Gasteiger partial charge in [0.1, 0.15) is 5.82 Å². The van der Waals surface area contributed by atoms with Crippen LogP contribution in [0.5, 0.6) is 0 Å². The van der Waals surface area contributed by atoms with Gasteiger partial charge in [-0.2, -0.15) is 13.2 Å². The lowest BCUT2D eigenvalue weighted by atomic mass is 10.1. The Balaban J connectivity index is 1.85. The lowest BCUT2D eigenvalue weighted by Crippen LogP contribution is -2.37. The zero-order valence-electron chi connectivity index (χ0n) is 15.4. The van der Waals surface area contributed by atoms with Crippen LogP contribution in [-0.2, 0) is 34.3 Å². The maximum absolute atomic E-state index is 13.5. The summed E-state index contributed by atoms with van der Waals surface area (Å²) in [4.78, 5) is 11.9. The first-order valence-corrected chi connectivity index (χ1v) is 10.3. The zero-order chi connectivity index (χ0) is 21.4. The maximum Gasteiger partial charge on any atom is 0.471 e. The summed E-state index contributed by atoms with van der Waals surface area (Å²) < 4.78 is 79.3. The predicted molar refractivity (Wildman–Crippen MR) is 98.0 cm³/mol. The van der Waals surface area contributed by atoms with E-state index in [2.05, 4.69) is 4.72 Å². The summed E-state index contributed by atoms with van der Waals surface area (Å²) in [5, 5.41) is 0. The molecule has 1 aliphatic heterocycles. The van der Waals surface area contributed by atoms with Gasteiger partial charge in [-0.3, -0.25) is 9.52 Å². The van der Waals surface area contributed by atoms with E-state index in [1.165, 1.54) is 30.3 Å². The van der Waals surface area contributed by atoms with E-state index < -0.39 is 27.9 Å². The van der Waals surface area contributed by atoms with Crippen LogP contribution in [0, 0.1) is 5.82 Å². The molecule has 0 spiro atoms. The maximum atomic E-state index is 13.5. The first-order chi connectivity index (χ1) is 13.5. The van der Waals surface area contributed by atoms with Crippen LogP contribution >= 0.6 is 0 Å². The van der Waals surface area contributed by atoms with E-state index in [4.69, 9.17) is 0 Å². The number of alkyl halides is 3. The molecule has 3 rings (SSSR count). The molecule has 0 atom stereocenters. The van der Waals surface area contributed by atoms with Crippen LogP contribution in [0.15, 0.2) is 41.3 Å². The fourth-order valence-corrected chi connectivity index (χ4v) is 4.35. The Bertz CT molecular complexity index is 1050. The highest BCUT2D eigenvalue weighted by molar-refractivity contribution is 7.92. The van der Waals surface area contributed by atoms with Crippen LogP contribution < -0.4 is 4.72 Å². The van der Waals surface area contributed by atoms with Gasteiger partial charge in [-0.05, 0) is 53.4 Å². The van der Waals surface area contributed by atoms with E-state index in [9.17, 15) is 30.8 Å². The van der Waals surface area contributed by atoms with Crippen molar-refractivity contribution < 1.29 is 30.8 Å². The van der Waals surface area contributed by atoms with Crippen molar-refractivity contribution in [2.75, 3.05) is 4.72 Å². The summed E-state index contributed by atoms with van der Waals surface area (Å²) in [6, 6.07) is 7.64. The van der Waals surface area contributed by atoms with Gasteiger partial charge in [0, 0.05) is 13.1 Å². The summed E-state index contributed by atoms with van der Waals surface area (Å²) in [7, 11) is -4.05. The molecule has 29 heavy (non-hydrogen) atoms. The van der Waals surface area contributed by atoms with E-state index in [0.717, 1.165) is 6.07 Å². The van der Waals surface area contributed by atoms with Crippen molar-refractivity contribution in [1.29, 1.82) is 0 Å². The average Bonchev–Trinajstić information content (AvgIpc) is 3.05. The molecule has 0 radical (unpaired) electrons. The van der Waals surface area contributed by atoms with Gasteiger partial charge < -0.3 is 4.90 Å². The number of rotatable bonds is 5. The molecular weight excluding hydrogens is 412 g/mol. The second kappa shape index (κ2) is 7.66. The molecule has 1 amide bonds. The molecule has 0 bridgehead atoms. The number of carbonyl (C=O) groups excluding carboxylic acids is 1. The van der Waals surface area contributed by atoms with Gasteiger partial charge in [-0.1, -0.05) is 19.4 Å². The van der Waals surface area contributed by atoms with E-state index in [1.807, 2.05) is 6.92 Å². The number of benzene rings is 2. The molecule has 1 aliphatic rings. The number of hydrogen-bond donors (Lipinski definition) is 1. The topological polar surface area (TPSA) is 66.5 Å². The van der Waals surface area contributed by atoms with E-state index in [0.29, 0.717) is 34.4 Å². The second-order valence-electron chi connectivity index (χ2n) is 6.75. The monoisotopic (exact) mass is 430 g/mol. The highest BCUT2D eigenvalue weighted by Crippen LogP contribution is 2.30. The zero-order valence-corrected chi connectivity index (χ0v) is 16.2. The van der Waals surface area contributed by atoms with Gasteiger partial charge in [-0.25, -0.2) is 12.8 Å². The summed E-state index contributed by atoms with van der Waals surface area (Å²) in [5.41, 5.74) is 1.52. The Morgan fingerprint density at radius 1 is 1.10 bits per heavy atom. The summed E-state index contributed by atoms with van der Waals surface area (Å²) in [5.74, 6) is -2.45. The minimum atomic E-state index is -4.99. The Labute approximate surface area is 165 Å². The summed E-state index contributed by atoms with van der Waals surface area (Å²) in [6.45, 7) is 1.31.